The number of rotatable bonds is 66. The molecule has 0 aromatic heterocycles. The smallest absolute Gasteiger partial charge is 0.335 e. The lowest BCUT2D eigenvalue weighted by Crippen LogP contribution is -2.10. The van der Waals surface area contributed by atoms with Gasteiger partial charge in [0.25, 0.3) is 0 Å². The first-order valence-corrected chi connectivity index (χ1v) is 43.8. The number of carbonyl (C=O) groups is 6. The third-order valence-corrected chi connectivity index (χ3v) is 20.3. The molecule has 0 bridgehead atoms. The molecule has 0 fully saturated rings. The third kappa shape index (κ3) is 42.8. The maximum Gasteiger partial charge on any atom is 0.335 e. The van der Waals surface area contributed by atoms with Crippen LogP contribution in [0.2, 0.25) is 0 Å². The van der Waals surface area contributed by atoms with Crippen molar-refractivity contribution >= 4 is 68.1 Å². The van der Waals surface area contributed by atoms with Crippen molar-refractivity contribution in [2.45, 2.75) is 388 Å². The van der Waals surface area contributed by atoms with Crippen LogP contribution in [0.5, 0.6) is 34.5 Å². The molecule has 0 unspecified atom stereocenters. The Balaban J connectivity index is 1.98. The predicted octanol–water partition coefficient (Wildman–Crippen LogP) is 29.1. The topological polar surface area (TPSA) is 158 Å². The summed E-state index contributed by atoms with van der Waals surface area (Å²) in [5.74, 6) is -4.45. The van der Waals surface area contributed by atoms with Crippen molar-refractivity contribution in [2.75, 3.05) is 0 Å². The summed E-state index contributed by atoms with van der Waals surface area (Å²) in [7, 11) is 0. The summed E-state index contributed by atoms with van der Waals surface area (Å²) in [4.78, 5) is 84.8. The molecule has 12 nitrogen and oxygen atoms in total. The van der Waals surface area contributed by atoms with E-state index in [-0.39, 0.29) is 34.5 Å². The van der Waals surface area contributed by atoms with Gasteiger partial charge in [0.15, 0.2) is 34.5 Å². The van der Waals surface area contributed by atoms with E-state index < -0.39 is 35.8 Å². The Labute approximate surface area is 653 Å². The summed E-state index contributed by atoms with van der Waals surface area (Å²) >= 11 is 0. The van der Waals surface area contributed by atoms with Gasteiger partial charge in [-0.2, -0.15) is 0 Å². The minimum atomic E-state index is -0.678. The molecule has 12 heteroatoms. The van der Waals surface area contributed by atoms with Gasteiger partial charge in [0, 0.05) is 36.5 Å². The number of carbonyl (C=O) groups excluding carboxylic acids is 6. The number of fused-ring (bicyclic) bond motifs is 6. The Bertz CT molecular complexity index is 2750. The van der Waals surface area contributed by atoms with Crippen LogP contribution < -0.4 is 28.4 Å². The van der Waals surface area contributed by atoms with Gasteiger partial charge in [-0.15, -0.1) is 0 Å². The fourth-order valence-electron chi connectivity index (χ4n) is 13.8. The van der Waals surface area contributed by atoms with Crippen molar-refractivity contribution in [3.05, 3.63) is 109 Å². The van der Waals surface area contributed by atoms with Gasteiger partial charge in [-0.3, -0.25) is 0 Å². The first-order valence-electron chi connectivity index (χ1n) is 43.8. The molecular weight excluding hydrogens is 1350 g/mol. The molecule has 0 saturated heterocycles. The number of unbranched alkanes of at least 4 members (excludes halogenated alkanes) is 48. The van der Waals surface area contributed by atoms with E-state index >= 15 is 0 Å². The van der Waals surface area contributed by atoms with Crippen molar-refractivity contribution in [3.8, 4) is 34.5 Å². The van der Waals surface area contributed by atoms with Crippen LogP contribution in [0.25, 0.3) is 32.3 Å². The summed E-state index contributed by atoms with van der Waals surface area (Å²) < 4.78 is 37.4. The van der Waals surface area contributed by atoms with Gasteiger partial charge in [-0.1, -0.05) is 348 Å². The van der Waals surface area contributed by atoms with Crippen LogP contribution in [-0.2, 0) is 28.8 Å². The molecule has 108 heavy (non-hydrogen) atoms. The van der Waals surface area contributed by atoms with Crippen molar-refractivity contribution in [2.24, 2.45) is 0 Å². The van der Waals surface area contributed by atoms with Crippen molar-refractivity contribution < 1.29 is 57.2 Å². The fourth-order valence-corrected chi connectivity index (χ4v) is 13.8. The second-order valence-corrected chi connectivity index (χ2v) is 30.1. The molecule has 4 aromatic carbocycles. The number of esters is 6. The van der Waals surface area contributed by atoms with Crippen molar-refractivity contribution in [1.82, 2.24) is 0 Å². The summed E-state index contributed by atoms with van der Waals surface area (Å²) in [6, 6.07) is 9.71. The molecule has 0 amide bonds. The van der Waals surface area contributed by atoms with E-state index in [0.717, 1.165) is 116 Å². The molecule has 0 aliphatic rings. The van der Waals surface area contributed by atoms with Gasteiger partial charge >= 0.3 is 35.8 Å². The molecule has 0 saturated carbocycles. The molecule has 0 radical (unpaired) electrons. The first kappa shape index (κ1) is 93.3. The Hall–Kier alpha value is -7.08. The Morgan fingerprint density at radius 1 is 0.185 bits per heavy atom. The average molecular weight is 1490 g/mol. The highest BCUT2D eigenvalue weighted by molar-refractivity contribution is 6.27. The van der Waals surface area contributed by atoms with E-state index in [4.69, 9.17) is 28.4 Å². The second-order valence-electron chi connectivity index (χ2n) is 30.1. The van der Waals surface area contributed by atoms with Gasteiger partial charge in [0.05, 0.1) is 0 Å². The quantitative estimate of drug-likeness (QED) is 0.0136. The highest BCUT2D eigenvalue weighted by atomic mass is 16.6. The lowest BCUT2D eigenvalue weighted by molar-refractivity contribution is -0.131. The van der Waals surface area contributed by atoms with Crippen LogP contribution in [0.1, 0.15) is 388 Å². The summed E-state index contributed by atoms with van der Waals surface area (Å²) in [5.41, 5.74) is 0. The molecule has 4 aromatic rings. The second kappa shape index (κ2) is 62.7. The molecule has 4 rings (SSSR count). The largest absolute Gasteiger partial charge is 0.419 e. The number of hydrogen-bond acceptors (Lipinski definition) is 12. The summed E-state index contributed by atoms with van der Waals surface area (Å²) in [5, 5.41) is 2.64. The number of ether oxygens (including phenoxy) is 6. The van der Waals surface area contributed by atoms with E-state index in [0.29, 0.717) is 70.8 Å². The van der Waals surface area contributed by atoms with Crippen LogP contribution in [-0.4, -0.2) is 35.8 Å². The van der Waals surface area contributed by atoms with Crippen LogP contribution in [0.4, 0.5) is 0 Å². The lowest BCUT2D eigenvalue weighted by atomic mass is 9.93. The van der Waals surface area contributed by atoms with Gasteiger partial charge in [-0.25, -0.2) is 28.8 Å². The van der Waals surface area contributed by atoms with Crippen molar-refractivity contribution in [1.29, 1.82) is 0 Å². The predicted molar refractivity (Wildman–Crippen MR) is 451 cm³/mol. The van der Waals surface area contributed by atoms with E-state index in [1.165, 1.54) is 229 Å². The number of hydrogen-bond donors (Lipinski definition) is 0. The fraction of sp³-hybridized carbons (Fsp3) is 0.625. The van der Waals surface area contributed by atoms with Gasteiger partial charge < -0.3 is 28.4 Å². The van der Waals surface area contributed by atoms with E-state index in [1.54, 1.807) is 36.4 Å². The van der Waals surface area contributed by atoms with E-state index in [9.17, 15) is 28.8 Å². The van der Waals surface area contributed by atoms with Crippen LogP contribution >= 0.6 is 0 Å². The zero-order valence-corrected chi connectivity index (χ0v) is 68.5. The molecule has 600 valence electrons. The monoisotopic (exact) mass is 1490 g/mol. The molecule has 0 aliphatic carbocycles. The standard InChI is InChI=1S/C96H144O12/c1-7-13-19-25-31-37-43-49-55-61-67-91(97)103-85-73-79-80(74-86(85)104-92(98)68-62-56-50-44-38-32-26-20-14-8-2)82-76-88(106-94(100)70-64-58-52-46-40-34-28-22-16-10-4)90(108-96(102)72-66-60-54-48-42-36-30-24-18-12-6)78-84(82)83-77-89(107-95(101)71-65-59-53-47-41-35-29-23-17-11-5)87(75-81(79)83)105-93(99)69-63-57-51-45-39-33-27-21-15-9-3/h61-78H,7-60H2,1-6H3/b67-61+,68-62+,69-63+,70-64+,71-65+,72-66?. The minimum absolute atomic E-state index is 0.0631. The van der Waals surface area contributed by atoms with E-state index in [1.807, 2.05) is 36.5 Å². The average Bonchev–Trinajstić information content (AvgIpc) is 0.725. The maximum atomic E-state index is 14.1. The normalized spacial score (nSPS) is 11.9. The zero-order chi connectivity index (χ0) is 77.5. The van der Waals surface area contributed by atoms with Gasteiger partial charge in [0.1, 0.15) is 0 Å². The lowest BCUT2D eigenvalue weighted by Gasteiger charge is -2.18. The van der Waals surface area contributed by atoms with Crippen molar-refractivity contribution in [3.63, 3.8) is 0 Å². The van der Waals surface area contributed by atoms with Gasteiger partial charge in [-0.05, 0) is 146 Å². The Morgan fingerprint density at radius 2 is 0.296 bits per heavy atom. The first-order chi connectivity index (χ1) is 53.0. The number of allylic oxidation sites excluding steroid dienone is 6. The minimum Gasteiger partial charge on any atom is -0.419 e. The molecule has 0 heterocycles. The highest BCUT2D eigenvalue weighted by Crippen LogP contribution is 2.48. The molecule has 0 spiro atoms. The Kier molecular flexibility index (Phi) is 54.1. The molecule has 0 aliphatic heterocycles. The summed E-state index contributed by atoms with van der Waals surface area (Å²) in [6.07, 6.45) is 78.6. The van der Waals surface area contributed by atoms with E-state index in [2.05, 4.69) is 41.5 Å². The maximum absolute atomic E-state index is 14.1. The van der Waals surface area contributed by atoms with Crippen LogP contribution in [0.3, 0.4) is 0 Å². The van der Waals surface area contributed by atoms with Crippen LogP contribution in [0.15, 0.2) is 109 Å². The zero-order valence-electron chi connectivity index (χ0n) is 68.5. The molecule has 0 atom stereocenters. The molecule has 0 N–H and O–H groups in total. The third-order valence-electron chi connectivity index (χ3n) is 20.3. The molecular formula is C96H144O12. The number of benzene rings is 4. The summed E-state index contributed by atoms with van der Waals surface area (Å²) in [6.45, 7) is 13.3. The highest BCUT2D eigenvalue weighted by Gasteiger charge is 2.24. The SMILES string of the molecule is CCCCCCCCCCC=CC(=O)Oc1cc2c(cc1OC(=O)/C=C/CCCCCCCCCC)c1cc(OC(=O)/C=C/CCCCCCCCCC)c(OC(=O)/C=C/CCCCCCCCCC)cc1c1cc(OC(=O)/C=C/CCCCCCCCCC)c(OC(=O)/C=C/CCCCCCCCCC)cc21. The van der Waals surface area contributed by atoms with Gasteiger partial charge in [0.2, 0.25) is 0 Å². The van der Waals surface area contributed by atoms with Crippen LogP contribution in [0, 0.1) is 0 Å². The Morgan fingerprint density at radius 3 is 0.417 bits per heavy atom.